The van der Waals surface area contributed by atoms with Crippen LogP contribution in [0.1, 0.15) is 44.4 Å². The average molecular weight is 561 g/mol. The van der Waals surface area contributed by atoms with E-state index in [9.17, 15) is 34.2 Å². The lowest BCUT2D eigenvalue weighted by Gasteiger charge is -2.28. The first-order valence-electron chi connectivity index (χ1n) is 12.8. The van der Waals surface area contributed by atoms with E-state index in [-0.39, 0.29) is 30.9 Å². The highest BCUT2D eigenvalue weighted by molar-refractivity contribution is 5.94. The first kappa shape index (κ1) is 31.8. The van der Waals surface area contributed by atoms with E-state index in [0.29, 0.717) is 17.7 Å². The van der Waals surface area contributed by atoms with Crippen molar-refractivity contribution < 1.29 is 39.3 Å². The van der Waals surface area contributed by atoms with Crippen molar-refractivity contribution in [1.29, 1.82) is 0 Å². The van der Waals surface area contributed by atoms with Crippen molar-refractivity contribution in [1.82, 2.24) is 25.9 Å². The summed E-state index contributed by atoms with van der Waals surface area (Å²) in [5.74, 6) is -5.13. The van der Waals surface area contributed by atoms with Gasteiger partial charge in [0.05, 0.1) is 12.4 Å². The summed E-state index contributed by atoms with van der Waals surface area (Å²) in [7, 11) is 0. The van der Waals surface area contributed by atoms with Crippen LogP contribution >= 0.6 is 0 Å². The van der Waals surface area contributed by atoms with Gasteiger partial charge < -0.3 is 42.0 Å². The minimum Gasteiger partial charge on any atom is -0.508 e. The Morgan fingerprint density at radius 1 is 0.950 bits per heavy atom. The van der Waals surface area contributed by atoms with Crippen molar-refractivity contribution in [3.8, 4) is 5.75 Å². The van der Waals surface area contributed by atoms with Gasteiger partial charge >= 0.3 is 11.9 Å². The molecule has 0 bridgehead atoms. The van der Waals surface area contributed by atoms with Gasteiger partial charge in [-0.15, -0.1) is 0 Å². The maximum atomic E-state index is 13.3. The van der Waals surface area contributed by atoms with Crippen LogP contribution in [0.2, 0.25) is 0 Å². The molecule has 1 aromatic heterocycles. The summed E-state index contributed by atoms with van der Waals surface area (Å²) in [6.45, 7) is 3.52. The second kappa shape index (κ2) is 15.2. The fourth-order valence-electron chi connectivity index (χ4n) is 3.83. The lowest BCUT2D eigenvalue weighted by Crippen LogP contribution is -2.59. The Balaban J connectivity index is 2.14. The van der Waals surface area contributed by atoms with Gasteiger partial charge in [0, 0.05) is 24.7 Å². The molecule has 0 radical (unpaired) electrons. The molecule has 0 aliphatic heterocycles. The SMILES string of the molecule is CCC(C)C(NC(=O)C(N)Cc1ccc(O)cc1)C(=O)NC(CCC(=O)O)C(=O)NC(Cc1cnc[nH]1)C(=O)O. The summed E-state index contributed by atoms with van der Waals surface area (Å²) in [4.78, 5) is 68.6. The number of hydrogen-bond donors (Lipinski definition) is 8. The number of nitrogens with zero attached hydrogens (tertiary/aromatic N) is 1. The number of carboxylic acids is 2. The highest BCUT2D eigenvalue weighted by Gasteiger charge is 2.33. The zero-order valence-corrected chi connectivity index (χ0v) is 22.3. The van der Waals surface area contributed by atoms with Crippen molar-refractivity contribution in [2.75, 3.05) is 0 Å². The number of carbonyl (C=O) groups is 5. The Bertz CT molecular complexity index is 1150. The number of amides is 3. The highest BCUT2D eigenvalue weighted by atomic mass is 16.4. The fourth-order valence-corrected chi connectivity index (χ4v) is 3.83. The molecule has 3 amide bonds. The molecule has 0 spiro atoms. The lowest BCUT2D eigenvalue weighted by molar-refractivity contribution is -0.143. The molecule has 5 atom stereocenters. The predicted molar refractivity (Wildman–Crippen MR) is 142 cm³/mol. The molecule has 5 unspecified atom stereocenters. The van der Waals surface area contributed by atoms with E-state index < -0.39 is 60.2 Å². The molecule has 14 heteroatoms. The molecule has 14 nitrogen and oxygen atoms in total. The van der Waals surface area contributed by atoms with Crippen LogP contribution in [0.15, 0.2) is 36.8 Å². The molecule has 2 aromatic rings. The van der Waals surface area contributed by atoms with Crippen LogP contribution in [0.4, 0.5) is 0 Å². The van der Waals surface area contributed by atoms with Gasteiger partial charge in [0.2, 0.25) is 17.7 Å². The molecule has 0 aliphatic rings. The molecule has 0 saturated heterocycles. The van der Waals surface area contributed by atoms with Gasteiger partial charge in [-0.05, 0) is 36.5 Å². The second-order valence-corrected chi connectivity index (χ2v) is 9.52. The number of carboxylic acid groups (broad SMARTS) is 2. The minimum atomic E-state index is -1.39. The van der Waals surface area contributed by atoms with Crippen molar-refractivity contribution in [3.05, 3.63) is 48.0 Å². The number of phenols is 1. The molecular weight excluding hydrogens is 524 g/mol. The van der Waals surface area contributed by atoms with Crippen LogP contribution in [-0.4, -0.2) is 79.1 Å². The van der Waals surface area contributed by atoms with Gasteiger partial charge in [-0.1, -0.05) is 32.4 Å². The summed E-state index contributed by atoms with van der Waals surface area (Å²) in [6, 6.07) is 1.26. The molecule has 218 valence electrons. The van der Waals surface area contributed by atoms with E-state index >= 15 is 0 Å². The number of aromatic hydroxyl groups is 1. The predicted octanol–water partition coefficient (Wildman–Crippen LogP) is -0.322. The Morgan fingerprint density at radius 3 is 2.15 bits per heavy atom. The van der Waals surface area contributed by atoms with Gasteiger partial charge in [0.15, 0.2) is 0 Å². The fraction of sp³-hybridized carbons (Fsp3) is 0.462. The van der Waals surface area contributed by atoms with E-state index in [1.807, 2.05) is 0 Å². The zero-order chi connectivity index (χ0) is 29.8. The minimum absolute atomic E-state index is 0.0627. The molecule has 40 heavy (non-hydrogen) atoms. The van der Waals surface area contributed by atoms with Crippen molar-refractivity contribution in [2.45, 2.75) is 70.1 Å². The number of aromatic nitrogens is 2. The normalized spacial score (nSPS) is 14.7. The maximum absolute atomic E-state index is 13.3. The average Bonchev–Trinajstić information content (AvgIpc) is 3.42. The molecule has 9 N–H and O–H groups in total. The number of nitrogens with one attached hydrogen (secondary N) is 4. The van der Waals surface area contributed by atoms with Gasteiger partial charge in [0.25, 0.3) is 0 Å². The summed E-state index contributed by atoms with van der Waals surface area (Å²) in [5.41, 5.74) is 7.19. The molecule has 1 aromatic carbocycles. The number of nitrogens with two attached hydrogens (primary N) is 1. The smallest absolute Gasteiger partial charge is 0.326 e. The molecule has 0 saturated carbocycles. The van der Waals surface area contributed by atoms with Gasteiger partial charge in [-0.3, -0.25) is 19.2 Å². The third kappa shape index (κ3) is 10.0. The van der Waals surface area contributed by atoms with Crippen LogP contribution in [0.5, 0.6) is 5.75 Å². The number of imidazole rings is 1. The molecular formula is C26H36N6O8. The Labute approximate surface area is 230 Å². The molecule has 1 heterocycles. The third-order valence-electron chi connectivity index (χ3n) is 6.40. The lowest BCUT2D eigenvalue weighted by atomic mass is 9.96. The maximum Gasteiger partial charge on any atom is 0.326 e. The Morgan fingerprint density at radius 2 is 1.60 bits per heavy atom. The first-order chi connectivity index (χ1) is 18.9. The van der Waals surface area contributed by atoms with Crippen LogP contribution in [-0.2, 0) is 36.8 Å². The summed E-state index contributed by atoms with van der Waals surface area (Å²) in [6.07, 6.45) is 2.45. The molecule has 0 fully saturated rings. The number of aromatic amines is 1. The van der Waals surface area contributed by atoms with E-state index in [2.05, 4.69) is 25.9 Å². The zero-order valence-electron chi connectivity index (χ0n) is 22.3. The summed E-state index contributed by atoms with van der Waals surface area (Å²) < 4.78 is 0. The first-order valence-corrected chi connectivity index (χ1v) is 12.8. The number of hydrogen-bond acceptors (Lipinski definition) is 8. The standard InChI is InChI=1S/C26H36N6O8/c1-3-14(2)22(32-23(36)18(27)10-15-4-6-17(33)7-5-15)25(38)30-19(8-9-21(34)35)24(37)31-20(26(39)40)11-16-12-28-13-29-16/h4-7,12-14,18-20,22,33H,3,8-11,27H2,1-2H3,(H,28,29)(H,30,38)(H,31,37)(H,32,36)(H,34,35)(H,39,40). The molecule has 2 rings (SSSR count). The van der Waals surface area contributed by atoms with Gasteiger partial charge in [0.1, 0.15) is 23.9 Å². The van der Waals surface area contributed by atoms with Crippen molar-refractivity contribution >= 4 is 29.7 Å². The highest BCUT2D eigenvalue weighted by Crippen LogP contribution is 2.13. The Hall–Kier alpha value is -4.46. The quantitative estimate of drug-likeness (QED) is 0.133. The number of H-pyrrole nitrogens is 1. The molecule has 0 aliphatic carbocycles. The van der Waals surface area contributed by atoms with Crippen LogP contribution in [0, 0.1) is 5.92 Å². The number of rotatable bonds is 16. The number of carbonyl (C=O) groups excluding carboxylic acids is 3. The summed E-state index contributed by atoms with van der Waals surface area (Å²) >= 11 is 0. The largest absolute Gasteiger partial charge is 0.508 e. The van der Waals surface area contributed by atoms with Crippen LogP contribution in [0.3, 0.4) is 0 Å². The second-order valence-electron chi connectivity index (χ2n) is 9.52. The van der Waals surface area contributed by atoms with E-state index in [1.165, 1.54) is 24.7 Å². The van der Waals surface area contributed by atoms with Crippen molar-refractivity contribution in [3.63, 3.8) is 0 Å². The monoisotopic (exact) mass is 560 g/mol. The Kier molecular flexibility index (Phi) is 12.1. The van der Waals surface area contributed by atoms with Crippen LogP contribution in [0.25, 0.3) is 0 Å². The number of aliphatic carboxylic acids is 2. The topological polar surface area (TPSA) is 237 Å². The van der Waals surface area contributed by atoms with E-state index in [0.717, 1.165) is 0 Å². The van der Waals surface area contributed by atoms with Gasteiger partial charge in [-0.2, -0.15) is 0 Å². The summed E-state index contributed by atoms with van der Waals surface area (Å²) in [5, 5.41) is 35.6. The van der Waals surface area contributed by atoms with Crippen molar-refractivity contribution in [2.24, 2.45) is 11.7 Å². The number of benzene rings is 1. The van der Waals surface area contributed by atoms with Gasteiger partial charge in [-0.25, -0.2) is 9.78 Å². The third-order valence-corrected chi connectivity index (χ3v) is 6.40. The van der Waals surface area contributed by atoms with Crippen LogP contribution < -0.4 is 21.7 Å². The van der Waals surface area contributed by atoms with E-state index in [1.54, 1.807) is 26.0 Å². The van der Waals surface area contributed by atoms with E-state index in [4.69, 9.17) is 10.8 Å². The number of phenolic OH excluding ortho intramolecular Hbond substituents is 1.